The second-order valence-electron chi connectivity index (χ2n) is 7.52. The zero-order valence-electron chi connectivity index (χ0n) is 20.5. The molecule has 0 unspecified atom stereocenters. The van der Waals surface area contributed by atoms with Crippen molar-refractivity contribution in [3.05, 3.63) is 64.3 Å². The Balaban J connectivity index is 2.25. The van der Waals surface area contributed by atoms with Gasteiger partial charge in [-0.1, -0.05) is 19.1 Å². The first-order chi connectivity index (χ1) is 16.4. The zero-order chi connectivity index (χ0) is 24.7. The molecule has 180 valence electrons. The Morgan fingerprint density at radius 1 is 0.941 bits per heavy atom. The molecule has 0 radical (unpaired) electrons. The van der Waals surface area contributed by atoms with Crippen LogP contribution in [0.25, 0.3) is 11.3 Å². The van der Waals surface area contributed by atoms with Crippen LogP contribution in [0.1, 0.15) is 25.8 Å². The number of ether oxygens (including phenoxy) is 4. The molecule has 7 nitrogen and oxygen atoms in total. The van der Waals surface area contributed by atoms with E-state index in [4.69, 9.17) is 29.0 Å². The molecule has 0 atom stereocenters. The summed E-state index contributed by atoms with van der Waals surface area (Å²) in [5, 5.41) is 7.08. The van der Waals surface area contributed by atoms with E-state index in [0.29, 0.717) is 24.5 Å². The van der Waals surface area contributed by atoms with Crippen LogP contribution < -0.4 is 23.7 Å². The highest BCUT2D eigenvalue weighted by Crippen LogP contribution is 2.34. The number of methoxy groups -OCH3 is 4. The molecule has 0 bridgehead atoms. The molecule has 0 saturated heterocycles. The van der Waals surface area contributed by atoms with Crippen LogP contribution in [0, 0.1) is 0 Å². The first-order valence-electron chi connectivity index (χ1n) is 10.8. The number of nitrogens with zero attached hydrogens (tertiary/aromatic N) is 3. The van der Waals surface area contributed by atoms with Crippen LogP contribution in [0.2, 0.25) is 0 Å². The molecule has 0 aliphatic carbocycles. The summed E-state index contributed by atoms with van der Waals surface area (Å²) >= 11 is 1.51. The average molecular weight is 482 g/mol. The maximum atomic E-state index is 5.65. The molecule has 0 N–H and O–H groups in total. The summed E-state index contributed by atoms with van der Waals surface area (Å²) in [5.74, 6) is 2.77. The number of rotatable bonds is 10. The molecule has 0 amide bonds. The number of hydrogen-bond donors (Lipinski definition) is 0. The lowest BCUT2D eigenvalue weighted by Gasteiger charge is -2.13. The highest BCUT2D eigenvalue weighted by atomic mass is 32.1. The summed E-state index contributed by atoms with van der Waals surface area (Å²) in [6, 6.07) is 11.5. The number of aromatic nitrogens is 1. The highest BCUT2D eigenvalue weighted by molar-refractivity contribution is 7.07. The SMILES string of the molecule is C=C(C)CN=c1scc(-c2cc(OC)ccc2OC)n1N=C(CC)c1ccc(OC)c(OC)c1. The van der Waals surface area contributed by atoms with Gasteiger partial charge in [-0.25, -0.2) is 4.68 Å². The van der Waals surface area contributed by atoms with Crippen LogP contribution in [0.15, 0.2) is 64.0 Å². The minimum absolute atomic E-state index is 0.516. The fraction of sp³-hybridized carbons (Fsp3) is 0.308. The van der Waals surface area contributed by atoms with Crippen molar-refractivity contribution in [1.82, 2.24) is 4.68 Å². The summed E-state index contributed by atoms with van der Waals surface area (Å²) < 4.78 is 23.9. The maximum absolute atomic E-state index is 5.65. The second-order valence-corrected chi connectivity index (χ2v) is 8.36. The lowest BCUT2D eigenvalue weighted by atomic mass is 10.1. The van der Waals surface area contributed by atoms with Crippen molar-refractivity contribution in [3.63, 3.8) is 0 Å². The van der Waals surface area contributed by atoms with Crippen LogP contribution in [-0.4, -0.2) is 45.4 Å². The summed E-state index contributed by atoms with van der Waals surface area (Å²) in [5.41, 5.74) is 4.50. The zero-order valence-corrected chi connectivity index (χ0v) is 21.4. The summed E-state index contributed by atoms with van der Waals surface area (Å²) in [7, 11) is 6.54. The van der Waals surface area contributed by atoms with E-state index in [2.05, 4.69) is 13.5 Å². The Morgan fingerprint density at radius 3 is 2.26 bits per heavy atom. The lowest BCUT2D eigenvalue weighted by Crippen LogP contribution is -2.16. The molecule has 3 rings (SSSR count). The van der Waals surface area contributed by atoms with Gasteiger partial charge in [0.15, 0.2) is 11.5 Å². The lowest BCUT2D eigenvalue weighted by molar-refractivity contribution is 0.355. The molecule has 8 heteroatoms. The molecule has 0 aliphatic heterocycles. The van der Waals surface area contributed by atoms with Gasteiger partial charge in [0.05, 0.1) is 46.4 Å². The maximum Gasteiger partial charge on any atom is 0.206 e. The Kier molecular flexibility index (Phi) is 8.54. The molecule has 2 aromatic carbocycles. The number of thiazole rings is 1. The van der Waals surface area contributed by atoms with Crippen LogP contribution in [0.3, 0.4) is 0 Å². The number of benzene rings is 2. The smallest absolute Gasteiger partial charge is 0.206 e. The van der Waals surface area contributed by atoms with Crippen molar-refractivity contribution in [2.24, 2.45) is 10.1 Å². The monoisotopic (exact) mass is 481 g/mol. The van der Waals surface area contributed by atoms with Crippen molar-refractivity contribution in [3.8, 4) is 34.3 Å². The largest absolute Gasteiger partial charge is 0.497 e. The van der Waals surface area contributed by atoms with Crippen LogP contribution in [0.4, 0.5) is 0 Å². The third-order valence-electron chi connectivity index (χ3n) is 5.12. The highest BCUT2D eigenvalue weighted by Gasteiger charge is 2.16. The third kappa shape index (κ3) is 5.51. The van der Waals surface area contributed by atoms with E-state index in [0.717, 1.165) is 44.4 Å². The van der Waals surface area contributed by atoms with E-state index in [1.54, 1.807) is 28.4 Å². The molecule has 1 aromatic heterocycles. The van der Waals surface area contributed by atoms with E-state index in [1.807, 2.05) is 53.4 Å². The Labute approximate surface area is 204 Å². The Hall–Kier alpha value is -3.52. The fourth-order valence-corrected chi connectivity index (χ4v) is 4.20. The predicted molar refractivity (Wildman–Crippen MR) is 138 cm³/mol. The Morgan fingerprint density at radius 2 is 1.65 bits per heavy atom. The van der Waals surface area contributed by atoms with E-state index in [9.17, 15) is 0 Å². The van der Waals surface area contributed by atoms with Gasteiger partial charge in [-0.2, -0.15) is 5.10 Å². The van der Waals surface area contributed by atoms with E-state index < -0.39 is 0 Å². The van der Waals surface area contributed by atoms with Crippen molar-refractivity contribution in [2.75, 3.05) is 35.0 Å². The van der Waals surface area contributed by atoms with Crippen LogP contribution >= 0.6 is 11.3 Å². The molecule has 0 saturated carbocycles. The van der Waals surface area contributed by atoms with E-state index in [1.165, 1.54) is 11.3 Å². The quantitative estimate of drug-likeness (QED) is 0.288. The standard InChI is InChI=1S/C26H31N3O4S/c1-8-21(18-9-11-24(32-6)25(13-18)33-7)28-29-22(16-34-26(29)27-15-17(2)3)20-14-19(30-4)10-12-23(20)31-5/h9-14,16H,2,8,15H2,1,3-7H3. The second kappa shape index (κ2) is 11.6. The van der Waals surface area contributed by atoms with Crippen molar-refractivity contribution < 1.29 is 18.9 Å². The van der Waals surface area contributed by atoms with Crippen molar-refractivity contribution in [1.29, 1.82) is 0 Å². The molecular formula is C26H31N3O4S. The van der Waals surface area contributed by atoms with Crippen molar-refractivity contribution >= 4 is 17.0 Å². The fourth-order valence-electron chi connectivity index (χ4n) is 3.38. The minimum atomic E-state index is 0.516. The molecule has 3 aromatic rings. The normalized spacial score (nSPS) is 11.9. The van der Waals surface area contributed by atoms with Gasteiger partial charge < -0.3 is 18.9 Å². The van der Waals surface area contributed by atoms with Gasteiger partial charge in [-0.15, -0.1) is 11.3 Å². The van der Waals surface area contributed by atoms with Gasteiger partial charge in [0.2, 0.25) is 4.80 Å². The molecule has 0 fully saturated rings. The third-order valence-corrected chi connectivity index (χ3v) is 5.98. The molecule has 0 spiro atoms. The molecule has 1 heterocycles. The van der Waals surface area contributed by atoms with Gasteiger partial charge in [0.1, 0.15) is 11.5 Å². The Bertz CT molecular complexity index is 1260. The molecule has 0 aliphatic rings. The van der Waals surface area contributed by atoms with Gasteiger partial charge in [0.25, 0.3) is 0 Å². The summed E-state index contributed by atoms with van der Waals surface area (Å²) in [4.78, 5) is 5.51. The minimum Gasteiger partial charge on any atom is -0.497 e. The van der Waals surface area contributed by atoms with Crippen LogP contribution in [-0.2, 0) is 0 Å². The topological polar surface area (TPSA) is 66.6 Å². The van der Waals surface area contributed by atoms with Gasteiger partial charge in [0, 0.05) is 16.5 Å². The first kappa shape index (κ1) is 25.1. The number of hydrogen-bond acceptors (Lipinski definition) is 7. The molecular weight excluding hydrogens is 450 g/mol. The predicted octanol–water partition coefficient (Wildman–Crippen LogP) is 5.39. The average Bonchev–Trinajstić information content (AvgIpc) is 3.27. The van der Waals surface area contributed by atoms with Gasteiger partial charge >= 0.3 is 0 Å². The molecule has 34 heavy (non-hydrogen) atoms. The van der Waals surface area contributed by atoms with Gasteiger partial charge in [-0.3, -0.25) is 4.99 Å². The first-order valence-corrected chi connectivity index (χ1v) is 11.7. The van der Waals surface area contributed by atoms with Crippen LogP contribution in [0.5, 0.6) is 23.0 Å². The van der Waals surface area contributed by atoms with E-state index in [-0.39, 0.29) is 0 Å². The van der Waals surface area contributed by atoms with Crippen molar-refractivity contribution in [2.45, 2.75) is 20.3 Å². The van der Waals surface area contributed by atoms with E-state index >= 15 is 0 Å². The summed E-state index contributed by atoms with van der Waals surface area (Å²) in [6.45, 7) is 8.52. The van der Waals surface area contributed by atoms with Gasteiger partial charge in [-0.05, 0) is 49.7 Å². The summed E-state index contributed by atoms with van der Waals surface area (Å²) in [6.07, 6.45) is 0.701.